The van der Waals surface area contributed by atoms with Gasteiger partial charge in [0.15, 0.2) is 0 Å². The molecule has 29 heavy (non-hydrogen) atoms. The number of likely N-dealkylation sites (tertiary alicyclic amines) is 2. The number of piperidine rings is 2. The van der Waals surface area contributed by atoms with Crippen LogP contribution in [0.3, 0.4) is 0 Å². The van der Waals surface area contributed by atoms with Crippen LogP contribution in [0.2, 0.25) is 0 Å². The van der Waals surface area contributed by atoms with Crippen LogP contribution in [0.1, 0.15) is 41.8 Å². The van der Waals surface area contributed by atoms with Gasteiger partial charge in [-0.25, -0.2) is 0 Å². The Morgan fingerprint density at radius 2 is 2.07 bits per heavy atom. The molecule has 2 aliphatic rings. The fourth-order valence-electron chi connectivity index (χ4n) is 4.59. The molecule has 0 radical (unpaired) electrons. The zero-order valence-electron chi connectivity index (χ0n) is 17.3. The molecule has 1 unspecified atom stereocenters. The number of carbonyl (C=O) groups excluding carboxylic acids is 1. The summed E-state index contributed by atoms with van der Waals surface area (Å²) in [7, 11) is 0. The van der Waals surface area contributed by atoms with Crippen molar-refractivity contribution in [1.29, 1.82) is 0 Å². The lowest BCUT2D eigenvalue weighted by molar-refractivity contribution is -0.127. The van der Waals surface area contributed by atoms with Gasteiger partial charge in [0.05, 0.1) is 18.2 Å². The van der Waals surface area contributed by atoms with Crippen LogP contribution < -0.4 is 5.32 Å². The van der Waals surface area contributed by atoms with Crippen LogP contribution in [-0.4, -0.2) is 52.9 Å². The normalized spacial score (nSPS) is 21.9. The van der Waals surface area contributed by atoms with Gasteiger partial charge in [-0.05, 0) is 68.3 Å². The van der Waals surface area contributed by atoms with Gasteiger partial charge < -0.3 is 5.32 Å². The standard InChI is InChI=1S/C23H32N4OS/c1-18-9-14-29-22(18)17-26-12-7-21(8-13-26)27-11-4-5-19(16-27)23(28)25-15-20-6-2-3-10-24-20/h2-3,6,9-10,14,19,21H,4-5,7-8,11-13,15-17H2,1H3,(H,25,28). The van der Waals surface area contributed by atoms with E-state index in [1.165, 1.54) is 23.3 Å². The van der Waals surface area contributed by atoms with Gasteiger partial charge in [0.25, 0.3) is 0 Å². The number of hydrogen-bond acceptors (Lipinski definition) is 5. The number of hydrogen-bond donors (Lipinski definition) is 1. The van der Waals surface area contributed by atoms with E-state index in [4.69, 9.17) is 0 Å². The maximum atomic E-state index is 12.7. The van der Waals surface area contributed by atoms with E-state index < -0.39 is 0 Å². The molecule has 1 N–H and O–H groups in total. The highest BCUT2D eigenvalue weighted by atomic mass is 32.1. The van der Waals surface area contributed by atoms with Gasteiger partial charge in [-0.15, -0.1) is 11.3 Å². The van der Waals surface area contributed by atoms with Crippen LogP contribution in [0.4, 0.5) is 0 Å². The molecule has 4 rings (SSSR count). The second-order valence-electron chi connectivity index (χ2n) is 8.41. The molecule has 1 amide bonds. The second-order valence-corrected chi connectivity index (χ2v) is 9.41. The first kappa shape index (κ1) is 20.5. The molecular formula is C23H32N4OS. The van der Waals surface area contributed by atoms with E-state index in [1.807, 2.05) is 29.5 Å². The molecule has 0 aliphatic carbocycles. The Balaban J connectivity index is 1.23. The summed E-state index contributed by atoms with van der Waals surface area (Å²) in [5, 5.41) is 5.29. The van der Waals surface area contributed by atoms with Crippen LogP contribution in [0.15, 0.2) is 35.8 Å². The molecule has 2 aromatic heterocycles. The Labute approximate surface area is 178 Å². The molecule has 2 aromatic rings. The lowest BCUT2D eigenvalue weighted by Crippen LogP contribution is -2.50. The van der Waals surface area contributed by atoms with E-state index >= 15 is 0 Å². The Kier molecular flexibility index (Phi) is 6.95. The third-order valence-electron chi connectivity index (χ3n) is 6.40. The summed E-state index contributed by atoms with van der Waals surface area (Å²) in [5.74, 6) is 0.296. The van der Waals surface area contributed by atoms with Gasteiger partial charge >= 0.3 is 0 Å². The Morgan fingerprint density at radius 1 is 1.21 bits per heavy atom. The highest BCUT2D eigenvalue weighted by Gasteiger charge is 2.31. The number of amides is 1. The van der Waals surface area contributed by atoms with Gasteiger partial charge in [0.1, 0.15) is 0 Å². The highest BCUT2D eigenvalue weighted by Crippen LogP contribution is 2.26. The minimum Gasteiger partial charge on any atom is -0.350 e. The largest absolute Gasteiger partial charge is 0.350 e. The molecule has 2 fully saturated rings. The van der Waals surface area contributed by atoms with E-state index in [9.17, 15) is 4.79 Å². The topological polar surface area (TPSA) is 48.5 Å². The van der Waals surface area contributed by atoms with Crippen molar-refractivity contribution in [2.75, 3.05) is 26.2 Å². The summed E-state index contributed by atoms with van der Waals surface area (Å²) >= 11 is 1.88. The molecule has 6 heteroatoms. The number of rotatable bonds is 6. The lowest BCUT2D eigenvalue weighted by Gasteiger charge is -2.42. The molecule has 156 valence electrons. The first-order chi connectivity index (χ1) is 14.2. The highest BCUT2D eigenvalue weighted by molar-refractivity contribution is 7.10. The average Bonchev–Trinajstić information content (AvgIpc) is 3.18. The number of nitrogens with one attached hydrogen (secondary N) is 1. The summed E-state index contributed by atoms with van der Waals surface area (Å²) in [6.07, 6.45) is 6.33. The van der Waals surface area contributed by atoms with Crippen molar-refractivity contribution in [3.63, 3.8) is 0 Å². The molecule has 1 atom stereocenters. The molecule has 4 heterocycles. The third kappa shape index (κ3) is 5.44. The van der Waals surface area contributed by atoms with Crippen LogP contribution in [-0.2, 0) is 17.9 Å². The summed E-state index contributed by atoms with van der Waals surface area (Å²) in [5.41, 5.74) is 2.34. The van der Waals surface area contributed by atoms with E-state index in [1.54, 1.807) is 6.20 Å². The number of carbonyl (C=O) groups is 1. The smallest absolute Gasteiger partial charge is 0.224 e. The fraction of sp³-hybridized carbons (Fsp3) is 0.565. The molecular weight excluding hydrogens is 380 g/mol. The molecule has 2 saturated heterocycles. The molecule has 0 spiro atoms. The number of aryl methyl sites for hydroxylation is 1. The lowest BCUT2D eigenvalue weighted by atomic mass is 9.93. The van der Waals surface area contributed by atoms with E-state index in [0.29, 0.717) is 12.6 Å². The molecule has 0 bridgehead atoms. The van der Waals surface area contributed by atoms with Gasteiger partial charge in [0.2, 0.25) is 5.91 Å². The summed E-state index contributed by atoms with van der Waals surface area (Å²) in [6.45, 7) is 8.20. The maximum absolute atomic E-state index is 12.7. The number of thiophene rings is 1. The van der Waals surface area contributed by atoms with Crippen molar-refractivity contribution in [3.05, 3.63) is 52.0 Å². The monoisotopic (exact) mass is 412 g/mol. The van der Waals surface area contributed by atoms with Crippen molar-refractivity contribution in [1.82, 2.24) is 20.1 Å². The van der Waals surface area contributed by atoms with Gasteiger partial charge in [0, 0.05) is 43.3 Å². The predicted octanol–water partition coefficient (Wildman–Crippen LogP) is 3.44. The first-order valence-corrected chi connectivity index (χ1v) is 11.7. The van der Waals surface area contributed by atoms with Crippen molar-refractivity contribution in [2.45, 2.75) is 51.7 Å². The van der Waals surface area contributed by atoms with Crippen LogP contribution in [0, 0.1) is 12.8 Å². The van der Waals surface area contributed by atoms with E-state index in [2.05, 4.69) is 38.5 Å². The van der Waals surface area contributed by atoms with Crippen LogP contribution in [0.5, 0.6) is 0 Å². The predicted molar refractivity (Wildman–Crippen MR) is 118 cm³/mol. The minimum absolute atomic E-state index is 0.110. The zero-order chi connectivity index (χ0) is 20.1. The molecule has 5 nitrogen and oxygen atoms in total. The Hall–Kier alpha value is -1.76. The summed E-state index contributed by atoms with van der Waals surface area (Å²) in [4.78, 5) is 23.7. The SMILES string of the molecule is Cc1ccsc1CN1CCC(N2CCCC(C(=O)NCc3ccccn3)C2)CC1. The second kappa shape index (κ2) is 9.83. The fourth-order valence-corrected chi connectivity index (χ4v) is 5.54. The van der Waals surface area contributed by atoms with Crippen LogP contribution in [0.25, 0.3) is 0 Å². The summed E-state index contributed by atoms with van der Waals surface area (Å²) in [6, 6.07) is 8.67. The van der Waals surface area contributed by atoms with Gasteiger partial charge in [-0.1, -0.05) is 6.07 Å². The van der Waals surface area contributed by atoms with E-state index in [-0.39, 0.29) is 11.8 Å². The zero-order valence-corrected chi connectivity index (χ0v) is 18.2. The van der Waals surface area contributed by atoms with Crippen molar-refractivity contribution < 1.29 is 4.79 Å². The quantitative estimate of drug-likeness (QED) is 0.790. The van der Waals surface area contributed by atoms with Gasteiger partial charge in [-0.3, -0.25) is 19.6 Å². The van der Waals surface area contributed by atoms with Crippen molar-refractivity contribution >= 4 is 17.2 Å². The molecule has 2 aliphatic heterocycles. The number of nitrogens with zero attached hydrogens (tertiary/aromatic N) is 3. The van der Waals surface area contributed by atoms with Gasteiger partial charge in [-0.2, -0.15) is 0 Å². The molecule has 0 aromatic carbocycles. The first-order valence-electron chi connectivity index (χ1n) is 10.9. The third-order valence-corrected chi connectivity index (χ3v) is 7.41. The minimum atomic E-state index is 0.110. The Morgan fingerprint density at radius 3 is 2.79 bits per heavy atom. The Bertz CT molecular complexity index is 785. The molecule has 0 saturated carbocycles. The average molecular weight is 413 g/mol. The van der Waals surface area contributed by atoms with E-state index in [0.717, 1.165) is 51.3 Å². The number of aromatic nitrogens is 1. The van der Waals surface area contributed by atoms with Crippen LogP contribution >= 0.6 is 11.3 Å². The van der Waals surface area contributed by atoms with Crippen molar-refractivity contribution in [2.24, 2.45) is 5.92 Å². The number of pyridine rings is 1. The van der Waals surface area contributed by atoms with Crippen molar-refractivity contribution in [3.8, 4) is 0 Å². The maximum Gasteiger partial charge on any atom is 0.224 e. The summed E-state index contributed by atoms with van der Waals surface area (Å²) < 4.78 is 0.